The molecule has 0 aliphatic carbocycles. The van der Waals surface area contributed by atoms with Crippen molar-refractivity contribution in [1.29, 1.82) is 0 Å². The predicted molar refractivity (Wildman–Crippen MR) is 74.2 cm³/mol. The summed E-state index contributed by atoms with van der Waals surface area (Å²) in [5.74, 6) is 1.45. The first-order chi connectivity index (χ1) is 8.58. The third kappa shape index (κ3) is 4.22. The first-order valence-electron chi connectivity index (χ1n) is 6.02. The van der Waals surface area contributed by atoms with Crippen molar-refractivity contribution in [2.24, 2.45) is 0 Å². The van der Waals surface area contributed by atoms with Gasteiger partial charge in [-0.2, -0.15) is 0 Å². The molecule has 0 unspecified atom stereocenters. The van der Waals surface area contributed by atoms with E-state index in [1.54, 1.807) is 19.1 Å². The van der Waals surface area contributed by atoms with Crippen LogP contribution in [0.4, 0.5) is 0 Å². The van der Waals surface area contributed by atoms with E-state index in [1.165, 1.54) is 0 Å². The Morgan fingerprint density at radius 1 is 1.44 bits per heavy atom. The molecule has 100 valence electrons. The Hall–Kier alpha value is -1.22. The molecule has 0 bridgehead atoms. The predicted octanol–water partition coefficient (Wildman–Crippen LogP) is 2.98. The van der Waals surface area contributed by atoms with E-state index in [4.69, 9.17) is 16.3 Å². The summed E-state index contributed by atoms with van der Waals surface area (Å²) in [4.78, 5) is 13.5. The van der Waals surface area contributed by atoms with Crippen molar-refractivity contribution in [1.82, 2.24) is 4.90 Å². The number of benzene rings is 1. The maximum atomic E-state index is 11.8. The lowest BCUT2D eigenvalue weighted by molar-refractivity contribution is -0.130. The van der Waals surface area contributed by atoms with Gasteiger partial charge in [0, 0.05) is 31.5 Å². The highest BCUT2D eigenvalue weighted by molar-refractivity contribution is 6.17. The van der Waals surface area contributed by atoms with Crippen LogP contribution < -0.4 is 4.74 Å². The van der Waals surface area contributed by atoms with E-state index in [-0.39, 0.29) is 5.91 Å². The highest BCUT2D eigenvalue weighted by atomic mass is 35.5. The van der Waals surface area contributed by atoms with E-state index in [0.717, 1.165) is 23.3 Å². The molecule has 3 nitrogen and oxygen atoms in total. The number of carbonyl (C=O) groups excluding carboxylic acids is 1. The molecule has 0 aromatic heterocycles. The number of methoxy groups -OCH3 is 1. The number of halogens is 1. The maximum absolute atomic E-state index is 11.8. The van der Waals surface area contributed by atoms with Gasteiger partial charge in [0.25, 0.3) is 0 Å². The summed E-state index contributed by atoms with van der Waals surface area (Å²) in [6, 6.07) is 5.98. The van der Waals surface area contributed by atoms with Crippen LogP contribution >= 0.6 is 11.6 Å². The fraction of sp³-hybridized carbons (Fsp3) is 0.500. The van der Waals surface area contributed by atoms with E-state index in [2.05, 4.69) is 0 Å². The topological polar surface area (TPSA) is 29.5 Å². The molecule has 0 spiro atoms. The number of alkyl halides is 1. The minimum Gasteiger partial charge on any atom is -0.496 e. The van der Waals surface area contributed by atoms with Crippen molar-refractivity contribution in [3.05, 3.63) is 29.3 Å². The van der Waals surface area contributed by atoms with Crippen molar-refractivity contribution in [3.63, 3.8) is 0 Å². The Kier molecular flexibility index (Phi) is 5.99. The lowest BCUT2D eigenvalue weighted by Crippen LogP contribution is -2.26. The van der Waals surface area contributed by atoms with E-state index in [1.807, 2.05) is 25.1 Å². The van der Waals surface area contributed by atoms with Crippen LogP contribution in [0.25, 0.3) is 0 Å². The van der Waals surface area contributed by atoms with Crippen LogP contribution in [-0.4, -0.2) is 30.8 Å². The minimum atomic E-state index is 0.110. The molecule has 0 aliphatic rings. The molecule has 4 heteroatoms. The van der Waals surface area contributed by atoms with Crippen LogP contribution in [0, 0.1) is 6.92 Å². The van der Waals surface area contributed by atoms with Crippen molar-refractivity contribution in [2.75, 3.05) is 20.0 Å². The fourth-order valence-corrected chi connectivity index (χ4v) is 1.92. The molecular formula is C14H20ClNO2. The van der Waals surface area contributed by atoms with Crippen LogP contribution in [-0.2, 0) is 11.3 Å². The number of aryl methyl sites for hydroxylation is 1. The van der Waals surface area contributed by atoms with Gasteiger partial charge in [-0.25, -0.2) is 0 Å². The molecule has 1 aromatic rings. The van der Waals surface area contributed by atoms with Crippen LogP contribution in [0.2, 0.25) is 0 Å². The number of hydrogen-bond acceptors (Lipinski definition) is 2. The van der Waals surface area contributed by atoms with E-state index < -0.39 is 0 Å². The van der Waals surface area contributed by atoms with Gasteiger partial charge in [0.1, 0.15) is 5.75 Å². The monoisotopic (exact) mass is 269 g/mol. The second-order valence-electron chi connectivity index (χ2n) is 4.36. The van der Waals surface area contributed by atoms with E-state index >= 15 is 0 Å². The first kappa shape index (κ1) is 14.8. The number of rotatable bonds is 6. The lowest BCUT2D eigenvalue weighted by Gasteiger charge is -2.19. The Labute approximate surface area is 114 Å². The summed E-state index contributed by atoms with van der Waals surface area (Å²) >= 11 is 5.59. The molecule has 0 radical (unpaired) electrons. The molecule has 0 aliphatic heterocycles. The minimum absolute atomic E-state index is 0.110. The zero-order valence-corrected chi connectivity index (χ0v) is 12.0. The maximum Gasteiger partial charge on any atom is 0.222 e. The first-order valence-corrected chi connectivity index (χ1v) is 6.55. The van der Waals surface area contributed by atoms with Crippen molar-refractivity contribution in [2.45, 2.75) is 26.3 Å². The molecule has 0 saturated heterocycles. The number of ether oxygens (including phenoxy) is 1. The van der Waals surface area contributed by atoms with Gasteiger partial charge in [0.15, 0.2) is 0 Å². The molecule has 18 heavy (non-hydrogen) atoms. The molecule has 0 heterocycles. The second kappa shape index (κ2) is 7.27. The second-order valence-corrected chi connectivity index (χ2v) is 4.74. The van der Waals surface area contributed by atoms with Crippen LogP contribution in [0.1, 0.15) is 24.0 Å². The average molecular weight is 270 g/mol. The smallest absolute Gasteiger partial charge is 0.222 e. The molecule has 1 rings (SSSR count). The van der Waals surface area contributed by atoms with E-state index in [0.29, 0.717) is 18.8 Å². The molecular weight excluding hydrogens is 250 g/mol. The quantitative estimate of drug-likeness (QED) is 0.743. The largest absolute Gasteiger partial charge is 0.496 e. The van der Waals surface area contributed by atoms with Gasteiger partial charge in [-0.3, -0.25) is 4.79 Å². The molecule has 0 N–H and O–H groups in total. The van der Waals surface area contributed by atoms with Gasteiger partial charge in [-0.1, -0.05) is 17.7 Å². The zero-order chi connectivity index (χ0) is 13.5. The fourth-order valence-electron chi connectivity index (χ4n) is 1.78. The van der Waals surface area contributed by atoms with Crippen LogP contribution in [0.15, 0.2) is 18.2 Å². The van der Waals surface area contributed by atoms with Gasteiger partial charge in [0.05, 0.1) is 7.11 Å². The Morgan fingerprint density at radius 2 is 2.17 bits per heavy atom. The molecule has 0 saturated carbocycles. The number of amides is 1. The molecule has 0 atom stereocenters. The third-order valence-corrected chi connectivity index (χ3v) is 3.06. The lowest BCUT2D eigenvalue weighted by atomic mass is 10.1. The van der Waals surface area contributed by atoms with Crippen LogP contribution in [0.5, 0.6) is 5.75 Å². The Morgan fingerprint density at radius 3 is 2.78 bits per heavy atom. The Balaban J connectivity index is 2.71. The number of carbonyl (C=O) groups is 1. The number of nitrogens with zero attached hydrogens (tertiary/aromatic N) is 1. The van der Waals surface area contributed by atoms with Gasteiger partial charge in [0.2, 0.25) is 5.91 Å². The van der Waals surface area contributed by atoms with Crippen molar-refractivity contribution < 1.29 is 9.53 Å². The number of hydrogen-bond donors (Lipinski definition) is 0. The summed E-state index contributed by atoms with van der Waals surface area (Å²) in [5, 5.41) is 0. The van der Waals surface area contributed by atoms with Gasteiger partial charge in [-0.05, 0) is 19.4 Å². The summed E-state index contributed by atoms with van der Waals surface area (Å²) in [5.41, 5.74) is 2.19. The summed E-state index contributed by atoms with van der Waals surface area (Å²) in [7, 11) is 3.45. The van der Waals surface area contributed by atoms with Crippen molar-refractivity contribution >= 4 is 17.5 Å². The Bertz CT molecular complexity index is 407. The summed E-state index contributed by atoms with van der Waals surface area (Å²) < 4.78 is 5.30. The molecule has 0 fully saturated rings. The highest BCUT2D eigenvalue weighted by Gasteiger charge is 2.11. The van der Waals surface area contributed by atoms with Gasteiger partial charge >= 0.3 is 0 Å². The van der Waals surface area contributed by atoms with Gasteiger partial charge < -0.3 is 9.64 Å². The highest BCUT2D eigenvalue weighted by Crippen LogP contribution is 2.21. The SMILES string of the molecule is COc1ccc(C)cc1CN(C)C(=O)CCCCl. The standard InChI is InChI=1S/C14H20ClNO2/c1-11-6-7-13(18-3)12(9-11)10-16(2)14(17)5-4-8-15/h6-7,9H,4-5,8,10H2,1-3H3. The van der Waals surface area contributed by atoms with E-state index in [9.17, 15) is 4.79 Å². The summed E-state index contributed by atoms with van der Waals surface area (Å²) in [6.07, 6.45) is 1.21. The average Bonchev–Trinajstić information content (AvgIpc) is 2.36. The van der Waals surface area contributed by atoms with Crippen LogP contribution in [0.3, 0.4) is 0 Å². The molecule has 1 aromatic carbocycles. The van der Waals surface area contributed by atoms with Crippen molar-refractivity contribution in [3.8, 4) is 5.75 Å². The zero-order valence-electron chi connectivity index (χ0n) is 11.2. The normalized spacial score (nSPS) is 10.2. The van der Waals surface area contributed by atoms with Gasteiger partial charge in [-0.15, -0.1) is 11.6 Å². The summed E-state index contributed by atoms with van der Waals surface area (Å²) in [6.45, 7) is 2.59. The third-order valence-electron chi connectivity index (χ3n) is 2.79. The molecule has 1 amide bonds.